The van der Waals surface area contributed by atoms with E-state index < -0.39 is 0 Å². The molecular weight excluding hydrogens is 332 g/mol. The normalized spacial score (nSPS) is 14.0. The van der Waals surface area contributed by atoms with E-state index >= 15 is 0 Å². The molecule has 1 saturated heterocycles. The summed E-state index contributed by atoms with van der Waals surface area (Å²) in [5.41, 5.74) is 1.72. The molecule has 0 atom stereocenters. The van der Waals surface area contributed by atoms with Crippen LogP contribution in [0.15, 0.2) is 42.6 Å². The number of morpholine rings is 1. The van der Waals surface area contributed by atoms with Crippen molar-refractivity contribution in [1.82, 2.24) is 9.88 Å². The summed E-state index contributed by atoms with van der Waals surface area (Å²) in [7, 11) is 3.40. The molecule has 7 heteroatoms. The molecule has 136 valence electrons. The highest BCUT2D eigenvalue weighted by molar-refractivity contribution is 6.07. The lowest BCUT2D eigenvalue weighted by Gasteiger charge is -2.29. The van der Waals surface area contributed by atoms with Crippen LogP contribution in [0, 0.1) is 0 Å². The molecule has 0 bridgehead atoms. The summed E-state index contributed by atoms with van der Waals surface area (Å²) in [5, 5.41) is 2.87. The SMILES string of the molecule is CN(C)C(=O)c1ccc(NC(=O)c2cccnc2N2CCOCC2)cc1. The summed E-state index contributed by atoms with van der Waals surface area (Å²) < 4.78 is 5.36. The molecular formula is C19H22N4O3. The first-order valence-corrected chi connectivity index (χ1v) is 8.47. The van der Waals surface area contributed by atoms with Gasteiger partial charge in [-0.1, -0.05) is 0 Å². The van der Waals surface area contributed by atoms with Crippen molar-refractivity contribution in [1.29, 1.82) is 0 Å². The molecule has 2 aromatic rings. The Morgan fingerprint density at radius 3 is 2.46 bits per heavy atom. The van der Waals surface area contributed by atoms with Gasteiger partial charge in [0.2, 0.25) is 0 Å². The molecule has 0 spiro atoms. The largest absolute Gasteiger partial charge is 0.378 e. The van der Waals surface area contributed by atoms with Crippen LogP contribution >= 0.6 is 0 Å². The first-order valence-electron chi connectivity index (χ1n) is 8.47. The van der Waals surface area contributed by atoms with Crippen molar-refractivity contribution in [2.24, 2.45) is 0 Å². The molecule has 1 aliphatic rings. The Hall–Kier alpha value is -2.93. The van der Waals surface area contributed by atoms with Crippen molar-refractivity contribution in [3.63, 3.8) is 0 Å². The lowest BCUT2D eigenvalue weighted by atomic mass is 10.1. The molecule has 0 radical (unpaired) electrons. The minimum Gasteiger partial charge on any atom is -0.378 e. The summed E-state index contributed by atoms with van der Waals surface area (Å²) in [6, 6.07) is 10.3. The van der Waals surface area contributed by atoms with Gasteiger partial charge in [-0.05, 0) is 36.4 Å². The molecule has 3 rings (SSSR count). The molecule has 1 aromatic heterocycles. The Kier molecular flexibility index (Phi) is 5.48. The Labute approximate surface area is 152 Å². The number of aromatic nitrogens is 1. The molecule has 26 heavy (non-hydrogen) atoms. The van der Waals surface area contributed by atoms with Crippen LogP contribution in [0.4, 0.5) is 11.5 Å². The van der Waals surface area contributed by atoms with Gasteiger partial charge in [-0.3, -0.25) is 9.59 Å². The molecule has 2 amide bonds. The number of benzene rings is 1. The highest BCUT2D eigenvalue weighted by Crippen LogP contribution is 2.20. The van der Waals surface area contributed by atoms with Crippen LogP contribution in [-0.2, 0) is 4.74 Å². The zero-order valence-electron chi connectivity index (χ0n) is 14.9. The van der Waals surface area contributed by atoms with Crippen molar-refractivity contribution in [2.75, 3.05) is 50.6 Å². The smallest absolute Gasteiger partial charge is 0.259 e. The fraction of sp³-hybridized carbons (Fsp3) is 0.316. The van der Waals surface area contributed by atoms with Crippen LogP contribution in [0.25, 0.3) is 0 Å². The van der Waals surface area contributed by atoms with Gasteiger partial charge in [-0.25, -0.2) is 4.98 Å². The fourth-order valence-electron chi connectivity index (χ4n) is 2.75. The average molecular weight is 354 g/mol. The summed E-state index contributed by atoms with van der Waals surface area (Å²) in [6.45, 7) is 2.66. The van der Waals surface area contributed by atoms with E-state index in [4.69, 9.17) is 4.74 Å². The van der Waals surface area contributed by atoms with Gasteiger partial charge in [0.05, 0.1) is 18.8 Å². The van der Waals surface area contributed by atoms with Crippen LogP contribution in [0.2, 0.25) is 0 Å². The Balaban J connectivity index is 1.75. The molecule has 1 aromatic carbocycles. The van der Waals surface area contributed by atoms with Crippen LogP contribution in [0.1, 0.15) is 20.7 Å². The Morgan fingerprint density at radius 1 is 1.12 bits per heavy atom. The van der Waals surface area contributed by atoms with Gasteiger partial charge < -0.3 is 19.9 Å². The maximum absolute atomic E-state index is 12.7. The molecule has 1 fully saturated rings. The van der Waals surface area contributed by atoms with Gasteiger partial charge >= 0.3 is 0 Å². The average Bonchev–Trinajstić information content (AvgIpc) is 2.68. The van der Waals surface area contributed by atoms with Crippen molar-refractivity contribution in [3.05, 3.63) is 53.7 Å². The van der Waals surface area contributed by atoms with Crippen molar-refractivity contribution < 1.29 is 14.3 Å². The second kappa shape index (κ2) is 7.97. The lowest BCUT2D eigenvalue weighted by Crippen LogP contribution is -2.38. The van der Waals surface area contributed by atoms with Crippen LogP contribution in [0.3, 0.4) is 0 Å². The van der Waals surface area contributed by atoms with Crippen LogP contribution < -0.4 is 10.2 Å². The maximum Gasteiger partial charge on any atom is 0.259 e. The Bertz CT molecular complexity index is 784. The second-order valence-electron chi connectivity index (χ2n) is 6.21. The number of anilines is 2. The van der Waals surface area contributed by atoms with E-state index in [9.17, 15) is 9.59 Å². The molecule has 7 nitrogen and oxygen atoms in total. The van der Waals surface area contributed by atoms with Crippen molar-refractivity contribution >= 4 is 23.3 Å². The fourth-order valence-corrected chi connectivity index (χ4v) is 2.75. The van der Waals surface area contributed by atoms with E-state index in [0.717, 1.165) is 0 Å². The van der Waals surface area contributed by atoms with Gasteiger partial charge in [0.25, 0.3) is 11.8 Å². The number of amides is 2. The zero-order valence-corrected chi connectivity index (χ0v) is 14.9. The third-order valence-corrected chi connectivity index (χ3v) is 4.14. The van der Waals surface area contributed by atoms with E-state index in [1.807, 2.05) is 0 Å². The van der Waals surface area contributed by atoms with Crippen molar-refractivity contribution in [3.8, 4) is 0 Å². The van der Waals surface area contributed by atoms with Crippen molar-refractivity contribution in [2.45, 2.75) is 0 Å². The van der Waals surface area contributed by atoms with E-state index in [-0.39, 0.29) is 11.8 Å². The number of ether oxygens (including phenoxy) is 1. The first-order chi connectivity index (χ1) is 12.6. The molecule has 2 heterocycles. The monoisotopic (exact) mass is 354 g/mol. The predicted molar refractivity (Wildman–Crippen MR) is 99.7 cm³/mol. The summed E-state index contributed by atoms with van der Waals surface area (Å²) in [5.74, 6) is 0.351. The third kappa shape index (κ3) is 4.00. The number of nitrogens with one attached hydrogen (secondary N) is 1. The topological polar surface area (TPSA) is 74.8 Å². The predicted octanol–water partition coefficient (Wildman–Crippen LogP) is 1.87. The van der Waals surface area contributed by atoms with E-state index in [2.05, 4.69) is 15.2 Å². The zero-order chi connectivity index (χ0) is 18.5. The highest BCUT2D eigenvalue weighted by Gasteiger charge is 2.20. The Morgan fingerprint density at radius 2 is 1.81 bits per heavy atom. The van der Waals surface area contributed by atoms with Gasteiger partial charge in [0, 0.05) is 44.6 Å². The van der Waals surface area contributed by atoms with Gasteiger partial charge in [-0.15, -0.1) is 0 Å². The summed E-state index contributed by atoms with van der Waals surface area (Å²) >= 11 is 0. The second-order valence-corrected chi connectivity index (χ2v) is 6.21. The van der Waals surface area contributed by atoms with E-state index in [1.165, 1.54) is 4.90 Å². The van der Waals surface area contributed by atoms with Gasteiger partial charge in [0.15, 0.2) is 0 Å². The summed E-state index contributed by atoms with van der Waals surface area (Å²) in [4.78, 5) is 32.6. The third-order valence-electron chi connectivity index (χ3n) is 4.14. The van der Waals surface area contributed by atoms with Crippen LogP contribution in [0.5, 0.6) is 0 Å². The van der Waals surface area contributed by atoms with E-state index in [1.54, 1.807) is 56.7 Å². The number of nitrogens with zero attached hydrogens (tertiary/aromatic N) is 3. The molecule has 0 aliphatic carbocycles. The molecule has 0 saturated carbocycles. The summed E-state index contributed by atoms with van der Waals surface area (Å²) in [6.07, 6.45) is 1.68. The van der Waals surface area contributed by atoms with Gasteiger partial charge in [-0.2, -0.15) is 0 Å². The first kappa shape index (κ1) is 17.9. The minimum absolute atomic E-state index is 0.0789. The number of carbonyl (C=O) groups is 2. The molecule has 0 unspecified atom stereocenters. The number of hydrogen-bond donors (Lipinski definition) is 1. The number of rotatable bonds is 4. The van der Waals surface area contributed by atoms with Crippen LogP contribution in [-0.4, -0.2) is 62.1 Å². The lowest BCUT2D eigenvalue weighted by molar-refractivity contribution is 0.0827. The standard InChI is InChI=1S/C19H22N4O3/c1-22(2)19(25)14-5-7-15(8-6-14)21-18(24)16-4-3-9-20-17(16)23-10-12-26-13-11-23/h3-9H,10-13H2,1-2H3,(H,21,24). The number of hydrogen-bond acceptors (Lipinski definition) is 5. The van der Waals surface area contributed by atoms with E-state index in [0.29, 0.717) is 48.9 Å². The highest BCUT2D eigenvalue weighted by atomic mass is 16.5. The number of pyridine rings is 1. The minimum atomic E-state index is -0.230. The molecule has 1 N–H and O–H groups in total. The van der Waals surface area contributed by atoms with Gasteiger partial charge in [0.1, 0.15) is 5.82 Å². The maximum atomic E-state index is 12.7. The number of carbonyl (C=O) groups excluding carboxylic acids is 2. The molecule has 1 aliphatic heterocycles. The quantitative estimate of drug-likeness (QED) is 0.907.